The van der Waals surface area contributed by atoms with Crippen LogP contribution in [-0.4, -0.2) is 45.8 Å². The molecule has 8 nitrogen and oxygen atoms in total. The first kappa shape index (κ1) is 19.8. The van der Waals surface area contributed by atoms with Gasteiger partial charge in [-0.2, -0.15) is 0 Å². The highest BCUT2D eigenvalue weighted by atomic mass is 35.5. The van der Waals surface area contributed by atoms with Crippen LogP contribution < -0.4 is 10.6 Å². The SMILES string of the molecule is CC[C@H](C)N1C(=O)[C@@H]2[C@H](CCC(=O)O)N[C@@]3(C(=O)Nc4ccc(Cl)cc43)[C@H]2C1=O. The van der Waals surface area contributed by atoms with E-state index < -0.39 is 41.2 Å². The Balaban J connectivity index is 1.85. The van der Waals surface area contributed by atoms with Crippen molar-refractivity contribution in [2.24, 2.45) is 11.8 Å². The topological polar surface area (TPSA) is 116 Å². The zero-order valence-electron chi connectivity index (χ0n) is 16.1. The number of carbonyl (C=O) groups excluding carboxylic acids is 3. The Morgan fingerprint density at radius 1 is 1.31 bits per heavy atom. The van der Waals surface area contributed by atoms with E-state index in [1.54, 1.807) is 25.1 Å². The van der Waals surface area contributed by atoms with E-state index in [0.29, 0.717) is 22.7 Å². The first-order valence-electron chi connectivity index (χ1n) is 9.70. The third-order valence-electron chi connectivity index (χ3n) is 6.41. The number of hydrogen-bond acceptors (Lipinski definition) is 5. The van der Waals surface area contributed by atoms with Gasteiger partial charge in [-0.1, -0.05) is 18.5 Å². The van der Waals surface area contributed by atoms with Gasteiger partial charge in [0, 0.05) is 34.8 Å². The van der Waals surface area contributed by atoms with Crippen molar-refractivity contribution >= 4 is 41.0 Å². The van der Waals surface area contributed by atoms with Crippen molar-refractivity contribution in [1.29, 1.82) is 0 Å². The maximum Gasteiger partial charge on any atom is 0.303 e. The summed E-state index contributed by atoms with van der Waals surface area (Å²) in [6, 6.07) is 4.01. The molecule has 0 aromatic heterocycles. The van der Waals surface area contributed by atoms with E-state index in [1.165, 1.54) is 4.90 Å². The number of rotatable bonds is 5. The van der Waals surface area contributed by atoms with E-state index in [9.17, 15) is 19.2 Å². The molecule has 1 aromatic rings. The Bertz CT molecular complexity index is 935. The van der Waals surface area contributed by atoms with Crippen molar-refractivity contribution in [3.05, 3.63) is 28.8 Å². The van der Waals surface area contributed by atoms with E-state index in [1.807, 2.05) is 6.92 Å². The number of imide groups is 1. The van der Waals surface area contributed by atoms with E-state index >= 15 is 0 Å². The summed E-state index contributed by atoms with van der Waals surface area (Å²) in [5, 5.41) is 15.5. The highest BCUT2D eigenvalue weighted by Gasteiger charge is 2.70. The van der Waals surface area contributed by atoms with Crippen LogP contribution in [0.4, 0.5) is 5.69 Å². The number of likely N-dealkylation sites (tertiary alicyclic amines) is 1. The maximum atomic E-state index is 13.4. The minimum atomic E-state index is -1.44. The second kappa shape index (κ2) is 6.81. The molecule has 29 heavy (non-hydrogen) atoms. The molecule has 0 bridgehead atoms. The Morgan fingerprint density at radius 2 is 2.03 bits per heavy atom. The van der Waals surface area contributed by atoms with Gasteiger partial charge in [0.2, 0.25) is 17.7 Å². The molecular weight excluding hydrogens is 398 g/mol. The van der Waals surface area contributed by atoms with E-state index in [4.69, 9.17) is 16.7 Å². The largest absolute Gasteiger partial charge is 0.481 e. The average Bonchev–Trinajstić information content (AvgIpc) is 3.25. The van der Waals surface area contributed by atoms with Gasteiger partial charge in [-0.3, -0.25) is 29.4 Å². The third-order valence-corrected chi connectivity index (χ3v) is 6.65. The number of nitrogens with one attached hydrogen (secondary N) is 2. The molecule has 154 valence electrons. The summed E-state index contributed by atoms with van der Waals surface area (Å²) in [6.45, 7) is 3.68. The monoisotopic (exact) mass is 419 g/mol. The van der Waals surface area contributed by atoms with E-state index in [2.05, 4.69) is 10.6 Å². The highest BCUT2D eigenvalue weighted by molar-refractivity contribution is 6.31. The predicted molar refractivity (Wildman–Crippen MR) is 104 cm³/mol. The fourth-order valence-corrected chi connectivity index (χ4v) is 5.11. The molecule has 3 aliphatic rings. The highest BCUT2D eigenvalue weighted by Crippen LogP contribution is 2.54. The molecule has 0 saturated carbocycles. The number of amides is 3. The van der Waals surface area contributed by atoms with Crippen LogP contribution in [-0.2, 0) is 24.7 Å². The van der Waals surface area contributed by atoms with Crippen LogP contribution in [0.1, 0.15) is 38.7 Å². The third kappa shape index (κ3) is 2.69. The van der Waals surface area contributed by atoms with Gasteiger partial charge in [-0.05, 0) is 38.0 Å². The van der Waals surface area contributed by atoms with Gasteiger partial charge in [0.05, 0.1) is 11.8 Å². The lowest BCUT2D eigenvalue weighted by molar-refractivity contribution is -0.145. The Hall–Kier alpha value is -2.45. The van der Waals surface area contributed by atoms with Gasteiger partial charge in [0.25, 0.3) is 0 Å². The summed E-state index contributed by atoms with van der Waals surface area (Å²) < 4.78 is 0. The number of nitrogens with zero attached hydrogens (tertiary/aromatic N) is 1. The molecule has 1 aromatic carbocycles. The first-order chi connectivity index (χ1) is 13.7. The molecule has 5 atom stereocenters. The van der Waals surface area contributed by atoms with Crippen molar-refractivity contribution < 1.29 is 24.3 Å². The fourth-order valence-electron chi connectivity index (χ4n) is 4.94. The molecule has 3 N–H and O–H groups in total. The quantitative estimate of drug-likeness (QED) is 0.626. The standard InChI is InChI=1S/C20H22ClN3O5/c1-3-9(2)24-17(27)15-13(6-7-14(25)26)23-20(16(15)18(24)28)11-8-10(21)4-5-12(11)22-19(20)29/h4-5,8-9,13,15-16,23H,3,6-7H2,1-2H3,(H,22,29)(H,25,26)/t9-,13-,15+,16+,20+/m0/s1. The van der Waals surface area contributed by atoms with Crippen LogP contribution >= 0.6 is 11.6 Å². The summed E-state index contributed by atoms with van der Waals surface area (Å²) in [4.78, 5) is 52.2. The van der Waals surface area contributed by atoms with E-state index in [-0.39, 0.29) is 24.8 Å². The molecule has 1 spiro atoms. The number of anilines is 1. The van der Waals surface area contributed by atoms with Crippen LogP contribution in [0, 0.1) is 11.8 Å². The predicted octanol–water partition coefficient (Wildman–Crippen LogP) is 1.72. The minimum absolute atomic E-state index is 0.134. The molecule has 3 amide bonds. The number of halogens is 1. The summed E-state index contributed by atoms with van der Waals surface area (Å²) >= 11 is 6.17. The second-order valence-corrected chi connectivity index (χ2v) is 8.38. The molecule has 3 heterocycles. The Labute approximate surface area is 172 Å². The molecule has 3 aliphatic heterocycles. The average molecular weight is 420 g/mol. The van der Waals surface area contributed by atoms with Crippen LogP contribution in [0.3, 0.4) is 0 Å². The molecule has 0 aliphatic carbocycles. The lowest BCUT2D eigenvalue weighted by Gasteiger charge is -2.31. The molecule has 0 unspecified atom stereocenters. The van der Waals surface area contributed by atoms with Crippen molar-refractivity contribution in [2.45, 2.75) is 50.7 Å². The molecular formula is C20H22ClN3O5. The lowest BCUT2D eigenvalue weighted by Crippen LogP contribution is -2.54. The fraction of sp³-hybridized carbons (Fsp3) is 0.500. The molecule has 4 rings (SSSR count). The van der Waals surface area contributed by atoms with Gasteiger partial charge < -0.3 is 10.4 Å². The summed E-state index contributed by atoms with van der Waals surface area (Å²) in [5.74, 6) is -3.91. The lowest BCUT2D eigenvalue weighted by atomic mass is 9.76. The number of aliphatic carboxylic acids is 1. The van der Waals surface area contributed by atoms with Crippen molar-refractivity contribution in [3.8, 4) is 0 Å². The number of carboxylic acids is 1. The number of hydrogen-bond donors (Lipinski definition) is 3. The number of carboxylic acid groups (broad SMARTS) is 1. The van der Waals surface area contributed by atoms with E-state index in [0.717, 1.165) is 0 Å². The smallest absolute Gasteiger partial charge is 0.303 e. The number of fused-ring (bicyclic) bond motifs is 4. The summed E-state index contributed by atoms with van der Waals surface area (Å²) in [6.07, 6.45) is 0.548. The van der Waals surface area contributed by atoms with Crippen molar-refractivity contribution in [2.75, 3.05) is 5.32 Å². The second-order valence-electron chi connectivity index (χ2n) is 7.94. The molecule has 9 heteroatoms. The summed E-state index contributed by atoms with van der Waals surface area (Å²) in [7, 11) is 0. The van der Waals surface area contributed by atoms with Crippen LogP contribution in [0.2, 0.25) is 5.02 Å². The molecule has 2 fully saturated rings. The maximum absolute atomic E-state index is 13.4. The Morgan fingerprint density at radius 3 is 2.69 bits per heavy atom. The van der Waals surface area contributed by atoms with Gasteiger partial charge in [0.1, 0.15) is 5.54 Å². The zero-order chi connectivity index (χ0) is 21.1. The van der Waals surface area contributed by atoms with Crippen molar-refractivity contribution in [1.82, 2.24) is 10.2 Å². The molecule has 2 saturated heterocycles. The Kier molecular flexibility index (Phi) is 4.66. The zero-order valence-corrected chi connectivity index (χ0v) is 16.8. The van der Waals surface area contributed by atoms with Gasteiger partial charge in [-0.25, -0.2) is 0 Å². The normalized spacial score (nSPS) is 31.2. The van der Waals surface area contributed by atoms with Gasteiger partial charge in [0.15, 0.2) is 0 Å². The van der Waals surface area contributed by atoms with Crippen LogP contribution in [0.5, 0.6) is 0 Å². The van der Waals surface area contributed by atoms with Gasteiger partial charge in [-0.15, -0.1) is 0 Å². The van der Waals surface area contributed by atoms with Crippen molar-refractivity contribution in [3.63, 3.8) is 0 Å². The number of benzene rings is 1. The first-order valence-corrected chi connectivity index (χ1v) is 10.1. The minimum Gasteiger partial charge on any atom is -0.481 e. The van der Waals surface area contributed by atoms with Gasteiger partial charge >= 0.3 is 5.97 Å². The van der Waals surface area contributed by atoms with Crippen LogP contribution in [0.15, 0.2) is 18.2 Å². The van der Waals surface area contributed by atoms with Crippen LogP contribution in [0.25, 0.3) is 0 Å². The summed E-state index contributed by atoms with van der Waals surface area (Å²) in [5.41, 5.74) is -0.384. The molecule has 0 radical (unpaired) electrons. The number of carbonyl (C=O) groups is 4.